The number of rotatable bonds is 1. The summed E-state index contributed by atoms with van der Waals surface area (Å²) in [7, 11) is -0.865. The Labute approximate surface area is 82.2 Å². The molecule has 0 spiro atoms. The van der Waals surface area contributed by atoms with Gasteiger partial charge in [0.2, 0.25) is 0 Å². The van der Waals surface area contributed by atoms with Gasteiger partial charge in [-0.1, -0.05) is 19.2 Å². The molecule has 0 saturated heterocycles. The summed E-state index contributed by atoms with van der Waals surface area (Å²) in [6, 6.07) is 5.70. The Balaban J connectivity index is 3.21. The number of halogens is 1. The summed E-state index contributed by atoms with van der Waals surface area (Å²) in [6.45, 7) is 4.44. The molecular formula is C8H11IOSi. The van der Waals surface area contributed by atoms with E-state index in [1.807, 2.05) is 12.1 Å². The Bertz CT molecular complexity index is 240. The Kier molecular flexibility index (Phi) is 2.95. The van der Waals surface area contributed by atoms with Gasteiger partial charge >= 0.3 is 0 Å². The lowest BCUT2D eigenvalue weighted by molar-refractivity contribution is 0.479. The maximum absolute atomic E-state index is 9.49. The highest BCUT2D eigenvalue weighted by atomic mass is 127. The van der Waals surface area contributed by atoms with Crippen molar-refractivity contribution in [3.05, 3.63) is 21.8 Å². The van der Waals surface area contributed by atoms with Crippen molar-refractivity contribution in [3.63, 3.8) is 0 Å². The molecule has 3 heteroatoms. The quantitative estimate of drug-likeness (QED) is 0.612. The maximum atomic E-state index is 9.49. The molecule has 0 bridgehead atoms. The average molecular weight is 278 g/mol. The van der Waals surface area contributed by atoms with Gasteiger partial charge in [0.05, 0.1) is 8.80 Å². The summed E-state index contributed by atoms with van der Waals surface area (Å²) in [5.41, 5.74) is 0. The SMILES string of the molecule is C[SiH](C)c1c(O)cccc1I. The minimum Gasteiger partial charge on any atom is -0.508 e. The van der Waals surface area contributed by atoms with Gasteiger partial charge in [0.1, 0.15) is 5.75 Å². The van der Waals surface area contributed by atoms with Crippen molar-refractivity contribution in [3.8, 4) is 5.75 Å². The van der Waals surface area contributed by atoms with Crippen LogP contribution >= 0.6 is 22.6 Å². The van der Waals surface area contributed by atoms with E-state index in [1.54, 1.807) is 6.07 Å². The van der Waals surface area contributed by atoms with Crippen molar-refractivity contribution in [2.24, 2.45) is 0 Å². The van der Waals surface area contributed by atoms with E-state index < -0.39 is 8.80 Å². The second kappa shape index (κ2) is 3.58. The number of phenols is 1. The first-order chi connectivity index (χ1) is 5.13. The number of benzene rings is 1. The molecule has 0 aliphatic rings. The average Bonchev–Trinajstić information content (AvgIpc) is 1.85. The Morgan fingerprint density at radius 2 is 2.00 bits per heavy atom. The molecule has 0 heterocycles. The fourth-order valence-corrected chi connectivity index (χ4v) is 4.79. The Hall–Kier alpha value is -0.0331. The third-order valence-electron chi connectivity index (χ3n) is 1.61. The molecule has 1 rings (SSSR count). The van der Waals surface area contributed by atoms with E-state index in [0.717, 1.165) is 0 Å². The third-order valence-corrected chi connectivity index (χ3v) is 4.90. The fourth-order valence-electron chi connectivity index (χ4n) is 1.10. The summed E-state index contributed by atoms with van der Waals surface area (Å²) in [5.74, 6) is 0.471. The molecule has 0 saturated carbocycles. The van der Waals surface area contributed by atoms with Crippen LogP contribution in [-0.4, -0.2) is 13.9 Å². The summed E-state index contributed by atoms with van der Waals surface area (Å²) in [6.07, 6.45) is 0. The highest BCUT2D eigenvalue weighted by Gasteiger charge is 2.09. The molecule has 0 unspecified atom stereocenters. The zero-order valence-electron chi connectivity index (χ0n) is 6.63. The van der Waals surface area contributed by atoms with Gasteiger partial charge < -0.3 is 5.11 Å². The second-order valence-corrected chi connectivity index (χ2v) is 6.88. The van der Waals surface area contributed by atoms with Crippen LogP contribution in [0.25, 0.3) is 0 Å². The maximum Gasteiger partial charge on any atom is 0.115 e. The molecule has 11 heavy (non-hydrogen) atoms. The molecule has 0 aromatic heterocycles. The monoisotopic (exact) mass is 278 g/mol. The first kappa shape index (κ1) is 9.06. The normalized spacial score (nSPS) is 10.5. The Morgan fingerprint density at radius 1 is 1.36 bits per heavy atom. The predicted molar refractivity (Wildman–Crippen MR) is 59.3 cm³/mol. The summed E-state index contributed by atoms with van der Waals surface area (Å²) in [5, 5.41) is 10.7. The van der Waals surface area contributed by atoms with Gasteiger partial charge in [-0.05, 0) is 39.9 Å². The van der Waals surface area contributed by atoms with Crippen molar-refractivity contribution in [1.82, 2.24) is 0 Å². The van der Waals surface area contributed by atoms with Crippen molar-refractivity contribution in [2.45, 2.75) is 13.1 Å². The van der Waals surface area contributed by atoms with Crippen LogP contribution < -0.4 is 5.19 Å². The topological polar surface area (TPSA) is 20.2 Å². The van der Waals surface area contributed by atoms with Crippen LogP contribution in [0.15, 0.2) is 18.2 Å². The number of hydrogen-bond acceptors (Lipinski definition) is 1. The van der Waals surface area contributed by atoms with E-state index in [4.69, 9.17) is 0 Å². The minimum absolute atomic E-state index is 0.471. The lowest BCUT2D eigenvalue weighted by Gasteiger charge is -2.08. The number of phenolic OH excluding ortho intramolecular Hbond substituents is 1. The van der Waals surface area contributed by atoms with Crippen molar-refractivity contribution in [2.75, 3.05) is 0 Å². The van der Waals surface area contributed by atoms with Gasteiger partial charge in [-0.3, -0.25) is 0 Å². The van der Waals surface area contributed by atoms with Crippen molar-refractivity contribution < 1.29 is 5.11 Å². The number of aromatic hydroxyl groups is 1. The van der Waals surface area contributed by atoms with Crippen LogP contribution in [0, 0.1) is 3.57 Å². The van der Waals surface area contributed by atoms with E-state index >= 15 is 0 Å². The summed E-state index contributed by atoms with van der Waals surface area (Å²) >= 11 is 2.28. The lowest BCUT2D eigenvalue weighted by atomic mass is 10.3. The van der Waals surface area contributed by atoms with E-state index in [0.29, 0.717) is 5.75 Å². The van der Waals surface area contributed by atoms with Gasteiger partial charge in [-0.2, -0.15) is 0 Å². The van der Waals surface area contributed by atoms with E-state index in [1.165, 1.54) is 8.76 Å². The van der Waals surface area contributed by atoms with Gasteiger partial charge in [-0.15, -0.1) is 0 Å². The zero-order valence-corrected chi connectivity index (χ0v) is 9.95. The fraction of sp³-hybridized carbons (Fsp3) is 0.250. The van der Waals surface area contributed by atoms with Crippen LogP contribution in [0.3, 0.4) is 0 Å². The second-order valence-electron chi connectivity index (χ2n) is 2.83. The van der Waals surface area contributed by atoms with Crippen molar-refractivity contribution >= 4 is 36.6 Å². The molecule has 1 nitrogen and oxygen atoms in total. The van der Waals surface area contributed by atoms with Crippen LogP contribution in [0.4, 0.5) is 0 Å². The van der Waals surface area contributed by atoms with Crippen LogP contribution in [0.5, 0.6) is 5.75 Å². The highest BCUT2D eigenvalue weighted by Crippen LogP contribution is 2.11. The molecule has 1 aromatic rings. The highest BCUT2D eigenvalue weighted by molar-refractivity contribution is 14.1. The number of hydrogen-bond donors (Lipinski definition) is 1. The molecular weight excluding hydrogens is 267 g/mol. The molecule has 0 aliphatic carbocycles. The molecule has 0 aliphatic heterocycles. The molecule has 0 amide bonds. The van der Waals surface area contributed by atoms with E-state index in [-0.39, 0.29) is 0 Å². The standard InChI is InChI=1S/C8H11IOSi/c1-11(2)8-6(9)4-3-5-7(8)10/h3-5,10-11H,1-2H3. The predicted octanol–water partition coefficient (Wildman–Crippen LogP) is 1.69. The van der Waals surface area contributed by atoms with Crippen LogP contribution in [0.2, 0.25) is 13.1 Å². The lowest BCUT2D eigenvalue weighted by Crippen LogP contribution is -2.25. The minimum atomic E-state index is -0.865. The van der Waals surface area contributed by atoms with Gasteiger partial charge in [0.25, 0.3) is 0 Å². The van der Waals surface area contributed by atoms with E-state index in [2.05, 4.69) is 35.7 Å². The zero-order chi connectivity index (χ0) is 8.43. The van der Waals surface area contributed by atoms with Crippen molar-refractivity contribution in [1.29, 1.82) is 0 Å². The summed E-state index contributed by atoms with van der Waals surface area (Å²) in [4.78, 5) is 0. The van der Waals surface area contributed by atoms with Crippen LogP contribution in [-0.2, 0) is 0 Å². The smallest absolute Gasteiger partial charge is 0.115 e. The molecule has 0 atom stereocenters. The molecule has 1 N–H and O–H groups in total. The van der Waals surface area contributed by atoms with Crippen LogP contribution in [0.1, 0.15) is 0 Å². The third kappa shape index (κ3) is 1.96. The first-order valence-electron chi connectivity index (χ1n) is 3.60. The van der Waals surface area contributed by atoms with Gasteiger partial charge in [0, 0.05) is 3.57 Å². The molecule has 1 aromatic carbocycles. The van der Waals surface area contributed by atoms with E-state index in [9.17, 15) is 5.11 Å². The summed E-state index contributed by atoms with van der Waals surface area (Å²) < 4.78 is 1.20. The first-order valence-corrected chi connectivity index (χ1v) is 7.57. The molecule has 60 valence electrons. The van der Waals surface area contributed by atoms with Gasteiger partial charge in [0.15, 0.2) is 0 Å². The largest absolute Gasteiger partial charge is 0.508 e. The molecule has 0 radical (unpaired) electrons. The van der Waals surface area contributed by atoms with Gasteiger partial charge in [-0.25, -0.2) is 0 Å². The Morgan fingerprint density at radius 3 is 2.36 bits per heavy atom. The molecule has 0 fully saturated rings.